The Morgan fingerprint density at radius 2 is 1.84 bits per heavy atom. The molecule has 160 valence electrons. The molecular formula is C24H21N5O2S. The van der Waals surface area contributed by atoms with Gasteiger partial charge in [0.05, 0.1) is 5.69 Å². The summed E-state index contributed by atoms with van der Waals surface area (Å²) in [6.45, 7) is 2.26. The van der Waals surface area contributed by atoms with E-state index in [9.17, 15) is 9.59 Å². The van der Waals surface area contributed by atoms with Crippen LogP contribution < -0.4 is 10.2 Å². The molecule has 0 saturated heterocycles. The summed E-state index contributed by atoms with van der Waals surface area (Å²) >= 11 is 1.08. The number of benzene rings is 2. The molecule has 0 spiro atoms. The summed E-state index contributed by atoms with van der Waals surface area (Å²) in [6, 6.07) is 21.4. The zero-order valence-corrected chi connectivity index (χ0v) is 18.2. The minimum Gasteiger partial charge on any atom is -0.350 e. The predicted octanol–water partition coefficient (Wildman–Crippen LogP) is 3.95. The minimum atomic E-state index is -0.990. The maximum absolute atomic E-state index is 13.5. The first-order valence-corrected chi connectivity index (χ1v) is 10.9. The van der Waals surface area contributed by atoms with Crippen molar-refractivity contribution in [1.82, 2.24) is 19.9 Å². The maximum atomic E-state index is 13.5. The molecule has 7 nitrogen and oxygen atoms in total. The first kappa shape index (κ1) is 21.3. The summed E-state index contributed by atoms with van der Waals surface area (Å²) in [5.74, 6) is -0.763. The number of aryl methyl sites for hydroxylation is 1. The standard InChI is InChI=1S/C24H21N5O2S/c1-17-8-7-11-19(14-17)29(24(31)21-16-32-28-27-21)22(20-12-5-6-13-25-20)23(30)26-15-18-9-3-2-4-10-18/h2-14,16,22H,15H2,1H3,(H,26,30). The average Bonchev–Trinajstić information content (AvgIpc) is 3.37. The Labute approximate surface area is 189 Å². The number of nitrogens with one attached hydrogen (secondary N) is 1. The quantitative estimate of drug-likeness (QED) is 0.467. The number of amides is 2. The number of carbonyl (C=O) groups excluding carboxylic acids is 2. The van der Waals surface area contributed by atoms with Crippen LogP contribution in [0.5, 0.6) is 0 Å². The van der Waals surface area contributed by atoms with Gasteiger partial charge in [-0.3, -0.25) is 19.5 Å². The second-order valence-corrected chi connectivity index (χ2v) is 7.77. The smallest absolute Gasteiger partial charge is 0.280 e. The molecule has 2 amide bonds. The van der Waals surface area contributed by atoms with Gasteiger partial charge >= 0.3 is 0 Å². The van der Waals surface area contributed by atoms with Crippen LogP contribution in [0.1, 0.15) is 33.4 Å². The molecule has 0 aliphatic carbocycles. The Hall–Kier alpha value is -3.91. The molecule has 8 heteroatoms. The number of hydrogen-bond donors (Lipinski definition) is 1. The molecule has 1 N–H and O–H groups in total. The van der Waals surface area contributed by atoms with Gasteiger partial charge in [0.15, 0.2) is 11.7 Å². The van der Waals surface area contributed by atoms with Crippen molar-refractivity contribution in [2.24, 2.45) is 0 Å². The van der Waals surface area contributed by atoms with Crippen LogP contribution in [-0.4, -0.2) is 26.4 Å². The second-order valence-electron chi connectivity index (χ2n) is 7.16. The Morgan fingerprint density at radius 1 is 1.03 bits per heavy atom. The van der Waals surface area contributed by atoms with Crippen molar-refractivity contribution >= 4 is 29.0 Å². The van der Waals surface area contributed by atoms with Gasteiger partial charge in [-0.1, -0.05) is 53.0 Å². The molecule has 1 atom stereocenters. The van der Waals surface area contributed by atoms with E-state index in [0.717, 1.165) is 22.7 Å². The monoisotopic (exact) mass is 443 g/mol. The third kappa shape index (κ3) is 4.87. The van der Waals surface area contributed by atoms with Crippen LogP contribution in [0.15, 0.2) is 84.4 Å². The van der Waals surface area contributed by atoms with Gasteiger partial charge in [-0.15, -0.1) is 5.10 Å². The first-order chi connectivity index (χ1) is 15.6. The van der Waals surface area contributed by atoms with Gasteiger partial charge in [0.25, 0.3) is 5.91 Å². The molecule has 0 radical (unpaired) electrons. The molecule has 0 aliphatic heterocycles. The largest absolute Gasteiger partial charge is 0.350 e. The Morgan fingerprint density at radius 3 is 2.53 bits per heavy atom. The van der Waals surface area contributed by atoms with E-state index in [2.05, 4.69) is 19.9 Å². The lowest BCUT2D eigenvalue weighted by atomic mass is 10.1. The van der Waals surface area contributed by atoms with Crippen molar-refractivity contribution in [2.45, 2.75) is 19.5 Å². The molecule has 0 saturated carbocycles. The molecule has 32 heavy (non-hydrogen) atoms. The van der Waals surface area contributed by atoms with Gasteiger partial charge < -0.3 is 5.32 Å². The Bertz CT molecular complexity index is 1180. The number of aromatic nitrogens is 3. The van der Waals surface area contributed by atoms with Crippen LogP contribution in [0.2, 0.25) is 0 Å². The van der Waals surface area contributed by atoms with E-state index >= 15 is 0 Å². The summed E-state index contributed by atoms with van der Waals surface area (Å²) in [7, 11) is 0. The molecule has 0 bridgehead atoms. The summed E-state index contributed by atoms with van der Waals surface area (Å²) in [5, 5.41) is 8.47. The fourth-order valence-corrected chi connectivity index (χ4v) is 3.78. The van der Waals surface area contributed by atoms with E-state index in [0.29, 0.717) is 17.9 Å². The van der Waals surface area contributed by atoms with Gasteiger partial charge in [-0.2, -0.15) is 0 Å². The van der Waals surface area contributed by atoms with Gasteiger partial charge in [0, 0.05) is 23.8 Å². The molecule has 4 rings (SSSR count). The van der Waals surface area contributed by atoms with Crippen LogP contribution >= 0.6 is 11.5 Å². The number of nitrogens with zero attached hydrogens (tertiary/aromatic N) is 4. The van der Waals surface area contributed by atoms with Crippen molar-refractivity contribution < 1.29 is 9.59 Å². The minimum absolute atomic E-state index is 0.174. The van der Waals surface area contributed by atoms with Crippen LogP contribution in [0.3, 0.4) is 0 Å². The van der Waals surface area contributed by atoms with E-state index in [4.69, 9.17) is 0 Å². The number of pyridine rings is 1. The number of rotatable bonds is 7. The fraction of sp³-hybridized carbons (Fsp3) is 0.125. The van der Waals surface area contributed by atoms with E-state index in [1.807, 2.05) is 55.5 Å². The molecule has 0 aliphatic rings. The van der Waals surface area contributed by atoms with Crippen LogP contribution in [0, 0.1) is 6.92 Å². The first-order valence-electron chi connectivity index (χ1n) is 10.0. The predicted molar refractivity (Wildman–Crippen MR) is 123 cm³/mol. The van der Waals surface area contributed by atoms with E-state index < -0.39 is 11.9 Å². The Kier molecular flexibility index (Phi) is 6.62. The normalized spacial score (nSPS) is 11.5. The maximum Gasteiger partial charge on any atom is 0.280 e. The van der Waals surface area contributed by atoms with Crippen molar-refractivity contribution in [3.63, 3.8) is 0 Å². The van der Waals surface area contributed by atoms with Gasteiger partial charge in [-0.05, 0) is 53.8 Å². The highest BCUT2D eigenvalue weighted by Crippen LogP contribution is 2.29. The Balaban J connectivity index is 1.76. The van der Waals surface area contributed by atoms with Gasteiger partial charge in [-0.25, -0.2) is 0 Å². The van der Waals surface area contributed by atoms with Gasteiger partial charge in [0.1, 0.15) is 0 Å². The average molecular weight is 444 g/mol. The van der Waals surface area contributed by atoms with Crippen LogP contribution in [-0.2, 0) is 11.3 Å². The highest BCUT2D eigenvalue weighted by Gasteiger charge is 2.35. The second kappa shape index (κ2) is 9.93. The topological polar surface area (TPSA) is 88.1 Å². The lowest BCUT2D eigenvalue weighted by Crippen LogP contribution is -2.44. The van der Waals surface area contributed by atoms with E-state index in [-0.39, 0.29) is 11.6 Å². The zero-order chi connectivity index (χ0) is 22.3. The van der Waals surface area contributed by atoms with Crippen molar-refractivity contribution in [1.29, 1.82) is 0 Å². The SMILES string of the molecule is Cc1cccc(N(C(=O)c2csnn2)C(C(=O)NCc2ccccc2)c2ccccn2)c1. The molecular weight excluding hydrogens is 422 g/mol. The van der Waals surface area contributed by atoms with Crippen LogP contribution in [0.25, 0.3) is 0 Å². The summed E-state index contributed by atoms with van der Waals surface area (Å²) in [5.41, 5.74) is 3.12. The molecule has 4 aromatic rings. The highest BCUT2D eigenvalue weighted by molar-refractivity contribution is 7.03. The fourth-order valence-electron chi connectivity index (χ4n) is 3.35. The van der Waals surface area contributed by atoms with Crippen molar-refractivity contribution in [3.05, 3.63) is 107 Å². The molecule has 0 fully saturated rings. The third-order valence-corrected chi connectivity index (χ3v) is 5.37. The van der Waals surface area contributed by atoms with E-state index in [1.165, 1.54) is 4.90 Å². The lowest BCUT2D eigenvalue weighted by Gasteiger charge is -2.30. The number of carbonyl (C=O) groups is 2. The zero-order valence-electron chi connectivity index (χ0n) is 17.4. The number of hydrogen-bond acceptors (Lipinski definition) is 6. The van der Waals surface area contributed by atoms with Crippen LogP contribution in [0.4, 0.5) is 5.69 Å². The van der Waals surface area contributed by atoms with Crippen molar-refractivity contribution in [3.8, 4) is 0 Å². The number of anilines is 1. The van der Waals surface area contributed by atoms with E-state index in [1.54, 1.807) is 35.8 Å². The molecule has 2 aromatic carbocycles. The summed E-state index contributed by atoms with van der Waals surface area (Å²) in [6.07, 6.45) is 1.61. The molecule has 1 unspecified atom stereocenters. The molecule has 2 aromatic heterocycles. The van der Waals surface area contributed by atoms with Gasteiger partial charge in [0.2, 0.25) is 5.91 Å². The van der Waals surface area contributed by atoms with Crippen molar-refractivity contribution in [2.75, 3.05) is 4.90 Å². The third-order valence-electron chi connectivity index (χ3n) is 4.86. The summed E-state index contributed by atoms with van der Waals surface area (Å²) in [4.78, 5) is 32.9. The summed E-state index contributed by atoms with van der Waals surface area (Å²) < 4.78 is 3.82. The highest BCUT2D eigenvalue weighted by atomic mass is 32.1. The lowest BCUT2D eigenvalue weighted by molar-refractivity contribution is -0.122. The molecule has 2 heterocycles.